The first kappa shape index (κ1) is 13.0. The highest BCUT2D eigenvalue weighted by Gasteiger charge is 2.05. The van der Waals surface area contributed by atoms with Crippen molar-refractivity contribution in [3.63, 3.8) is 0 Å². The van der Waals surface area contributed by atoms with E-state index in [9.17, 15) is 9.90 Å². The first-order chi connectivity index (χ1) is 9.15. The van der Waals surface area contributed by atoms with E-state index >= 15 is 0 Å². The van der Waals surface area contributed by atoms with Crippen LogP contribution < -0.4 is 0 Å². The minimum absolute atomic E-state index is 0.107. The molecular weight excluding hydrogens is 242 g/mol. The molecule has 1 aromatic heterocycles. The summed E-state index contributed by atoms with van der Waals surface area (Å²) in [5.41, 5.74) is 0.958. The van der Waals surface area contributed by atoms with E-state index in [1.54, 1.807) is 60.7 Å². The van der Waals surface area contributed by atoms with Gasteiger partial charge in [-0.15, -0.1) is 0 Å². The zero-order valence-electron chi connectivity index (χ0n) is 10.6. The summed E-state index contributed by atoms with van der Waals surface area (Å²) < 4.78 is 5.11. The summed E-state index contributed by atoms with van der Waals surface area (Å²) in [6.07, 6.45) is 4.67. The largest absolute Gasteiger partial charge is 0.508 e. The Balaban J connectivity index is 1.94. The van der Waals surface area contributed by atoms with E-state index in [0.717, 1.165) is 5.56 Å². The highest BCUT2D eigenvalue weighted by atomic mass is 16.3. The normalized spacial score (nSPS) is 10.8. The van der Waals surface area contributed by atoms with Crippen LogP contribution in [-0.4, -0.2) is 23.0 Å². The van der Waals surface area contributed by atoms with Crippen LogP contribution in [0.2, 0.25) is 0 Å². The number of nitrogens with zero attached hydrogens (tertiary/aromatic N) is 1. The van der Waals surface area contributed by atoms with Gasteiger partial charge in [0, 0.05) is 19.7 Å². The number of hydrogen-bond donors (Lipinski definition) is 1. The maximum atomic E-state index is 11.9. The molecule has 98 valence electrons. The molecule has 2 rings (SSSR count). The summed E-state index contributed by atoms with van der Waals surface area (Å²) >= 11 is 0. The van der Waals surface area contributed by atoms with Crippen molar-refractivity contribution in [2.45, 2.75) is 6.54 Å². The monoisotopic (exact) mass is 257 g/mol. The molecule has 0 fully saturated rings. The van der Waals surface area contributed by atoms with Gasteiger partial charge in [0.25, 0.3) is 0 Å². The van der Waals surface area contributed by atoms with Gasteiger partial charge in [0.2, 0.25) is 5.91 Å². The molecule has 0 aliphatic carbocycles. The molecule has 0 aliphatic heterocycles. The molecule has 4 heteroatoms. The van der Waals surface area contributed by atoms with Crippen molar-refractivity contribution in [2.75, 3.05) is 7.05 Å². The van der Waals surface area contributed by atoms with Crippen molar-refractivity contribution in [1.82, 2.24) is 4.90 Å². The van der Waals surface area contributed by atoms with Gasteiger partial charge in [-0.1, -0.05) is 12.1 Å². The summed E-state index contributed by atoms with van der Waals surface area (Å²) in [7, 11) is 1.72. The zero-order chi connectivity index (χ0) is 13.7. The Morgan fingerprint density at radius 2 is 2.05 bits per heavy atom. The quantitative estimate of drug-likeness (QED) is 0.857. The molecule has 0 spiro atoms. The number of furan rings is 1. The minimum Gasteiger partial charge on any atom is -0.508 e. The summed E-state index contributed by atoms with van der Waals surface area (Å²) in [6, 6.07) is 10.3. The van der Waals surface area contributed by atoms with Gasteiger partial charge in [-0.3, -0.25) is 4.79 Å². The number of benzene rings is 1. The lowest BCUT2D eigenvalue weighted by Gasteiger charge is -2.15. The second-order valence-electron chi connectivity index (χ2n) is 4.21. The van der Waals surface area contributed by atoms with Crippen LogP contribution in [0.4, 0.5) is 0 Å². The number of hydrogen-bond acceptors (Lipinski definition) is 3. The van der Waals surface area contributed by atoms with Crippen LogP contribution >= 0.6 is 0 Å². The third kappa shape index (κ3) is 3.74. The van der Waals surface area contributed by atoms with Gasteiger partial charge in [-0.2, -0.15) is 0 Å². The standard InChI is InChI=1S/C15H15NO3/c1-16(11-12-4-6-13(17)7-5-12)15(18)9-8-14-3-2-10-19-14/h2-10,17H,11H2,1H3/b9-8+. The zero-order valence-corrected chi connectivity index (χ0v) is 10.6. The Kier molecular flexibility index (Phi) is 4.03. The van der Waals surface area contributed by atoms with Gasteiger partial charge in [0.15, 0.2) is 0 Å². The fourth-order valence-corrected chi connectivity index (χ4v) is 1.62. The van der Waals surface area contributed by atoms with E-state index in [1.165, 1.54) is 6.08 Å². The van der Waals surface area contributed by atoms with Crippen LogP contribution in [0.3, 0.4) is 0 Å². The Morgan fingerprint density at radius 3 is 2.68 bits per heavy atom. The Hall–Kier alpha value is -2.49. The number of likely N-dealkylation sites (N-methyl/N-ethyl adjacent to an activating group) is 1. The fourth-order valence-electron chi connectivity index (χ4n) is 1.62. The maximum absolute atomic E-state index is 11.9. The number of rotatable bonds is 4. The molecule has 1 aromatic carbocycles. The summed E-state index contributed by atoms with van der Waals surface area (Å²) in [5.74, 6) is 0.756. The van der Waals surface area contributed by atoms with Crippen molar-refractivity contribution in [3.8, 4) is 5.75 Å². The van der Waals surface area contributed by atoms with Gasteiger partial charge in [-0.25, -0.2) is 0 Å². The molecule has 1 N–H and O–H groups in total. The molecule has 0 saturated heterocycles. The Labute approximate surface area is 111 Å². The van der Waals surface area contributed by atoms with E-state index in [0.29, 0.717) is 12.3 Å². The Morgan fingerprint density at radius 1 is 1.32 bits per heavy atom. The van der Waals surface area contributed by atoms with Crippen molar-refractivity contribution in [2.24, 2.45) is 0 Å². The summed E-state index contributed by atoms with van der Waals surface area (Å²) in [4.78, 5) is 13.4. The lowest BCUT2D eigenvalue weighted by molar-refractivity contribution is -0.125. The third-order valence-electron chi connectivity index (χ3n) is 2.67. The molecule has 0 radical (unpaired) electrons. The summed E-state index contributed by atoms with van der Waals surface area (Å²) in [5, 5.41) is 9.19. The predicted octanol–water partition coefficient (Wildman–Crippen LogP) is 2.66. The average Bonchev–Trinajstić information content (AvgIpc) is 2.91. The summed E-state index contributed by atoms with van der Waals surface area (Å²) in [6.45, 7) is 0.488. The van der Waals surface area contributed by atoms with Crippen LogP contribution in [-0.2, 0) is 11.3 Å². The molecule has 0 saturated carbocycles. The van der Waals surface area contributed by atoms with Crippen LogP contribution in [0.5, 0.6) is 5.75 Å². The molecule has 1 heterocycles. The van der Waals surface area contributed by atoms with Crippen molar-refractivity contribution in [1.29, 1.82) is 0 Å². The molecule has 0 aliphatic rings. The van der Waals surface area contributed by atoms with E-state index in [4.69, 9.17) is 4.42 Å². The van der Waals surface area contributed by atoms with E-state index in [2.05, 4.69) is 0 Å². The van der Waals surface area contributed by atoms with Crippen LogP contribution in [0, 0.1) is 0 Å². The van der Waals surface area contributed by atoms with E-state index in [1.807, 2.05) is 0 Å². The second kappa shape index (κ2) is 5.91. The number of phenols is 1. The molecule has 19 heavy (non-hydrogen) atoms. The molecule has 2 aromatic rings. The van der Waals surface area contributed by atoms with Crippen LogP contribution in [0.15, 0.2) is 53.2 Å². The lowest BCUT2D eigenvalue weighted by Crippen LogP contribution is -2.23. The number of aromatic hydroxyl groups is 1. The molecular formula is C15H15NO3. The SMILES string of the molecule is CN(Cc1ccc(O)cc1)C(=O)/C=C/c1ccco1. The Bertz CT molecular complexity index is 556. The van der Waals surface area contributed by atoms with Crippen molar-refractivity contribution >= 4 is 12.0 Å². The van der Waals surface area contributed by atoms with Gasteiger partial charge in [0.05, 0.1) is 6.26 Å². The first-order valence-electron chi connectivity index (χ1n) is 5.90. The number of carbonyl (C=O) groups excluding carboxylic acids is 1. The number of phenolic OH excluding ortho intramolecular Hbond substituents is 1. The highest BCUT2D eigenvalue weighted by molar-refractivity contribution is 5.91. The molecule has 1 amide bonds. The van der Waals surface area contributed by atoms with E-state index in [-0.39, 0.29) is 11.7 Å². The van der Waals surface area contributed by atoms with Gasteiger partial charge >= 0.3 is 0 Å². The van der Waals surface area contributed by atoms with Gasteiger partial charge in [0.1, 0.15) is 11.5 Å². The van der Waals surface area contributed by atoms with E-state index < -0.39 is 0 Å². The number of amides is 1. The number of carbonyl (C=O) groups is 1. The fraction of sp³-hybridized carbons (Fsp3) is 0.133. The third-order valence-corrected chi connectivity index (χ3v) is 2.67. The molecule has 0 unspecified atom stereocenters. The molecule has 0 bridgehead atoms. The second-order valence-corrected chi connectivity index (χ2v) is 4.21. The minimum atomic E-state index is -0.107. The molecule has 0 atom stereocenters. The molecule has 4 nitrogen and oxygen atoms in total. The van der Waals surface area contributed by atoms with Crippen molar-refractivity contribution in [3.05, 3.63) is 60.1 Å². The topological polar surface area (TPSA) is 53.7 Å². The van der Waals surface area contributed by atoms with Crippen molar-refractivity contribution < 1.29 is 14.3 Å². The van der Waals surface area contributed by atoms with Crippen LogP contribution in [0.1, 0.15) is 11.3 Å². The lowest BCUT2D eigenvalue weighted by atomic mass is 10.2. The van der Waals surface area contributed by atoms with Gasteiger partial charge in [-0.05, 0) is 35.9 Å². The first-order valence-corrected chi connectivity index (χ1v) is 5.90. The highest BCUT2D eigenvalue weighted by Crippen LogP contribution is 2.11. The average molecular weight is 257 g/mol. The smallest absolute Gasteiger partial charge is 0.246 e. The van der Waals surface area contributed by atoms with Crippen LogP contribution in [0.25, 0.3) is 6.08 Å². The maximum Gasteiger partial charge on any atom is 0.246 e. The van der Waals surface area contributed by atoms with Gasteiger partial charge < -0.3 is 14.4 Å². The predicted molar refractivity (Wildman–Crippen MR) is 72.3 cm³/mol.